The number of allylic oxidation sites excluding steroid dienone is 1. The van der Waals surface area contributed by atoms with E-state index >= 15 is 0 Å². The molecule has 0 saturated heterocycles. The Labute approximate surface area is 194 Å². The van der Waals surface area contributed by atoms with Gasteiger partial charge in [-0.1, -0.05) is 31.0 Å². The topological polar surface area (TPSA) is 89.9 Å². The van der Waals surface area contributed by atoms with E-state index < -0.39 is 52.6 Å². The summed E-state index contributed by atoms with van der Waals surface area (Å²) in [7, 11) is 0. The number of alkyl halides is 4. The summed E-state index contributed by atoms with van der Waals surface area (Å²) in [6.07, 6.45) is -2.40. The molecule has 1 N–H and O–H groups in total. The lowest BCUT2D eigenvalue weighted by atomic mass is 9.45. The van der Waals surface area contributed by atoms with Crippen LogP contribution < -0.4 is 0 Å². The van der Waals surface area contributed by atoms with E-state index in [4.69, 9.17) is 21.1 Å². The van der Waals surface area contributed by atoms with Crippen molar-refractivity contribution < 1.29 is 42.1 Å². The minimum atomic E-state index is -5.17. The molecule has 33 heavy (non-hydrogen) atoms. The maximum Gasteiger partial charge on any atom is 0.490 e. The number of halogens is 4. The summed E-state index contributed by atoms with van der Waals surface area (Å²) in [4.78, 5) is 36.7. The molecule has 0 amide bonds. The Morgan fingerprint density at radius 2 is 1.91 bits per heavy atom. The van der Waals surface area contributed by atoms with Crippen molar-refractivity contribution in [3.8, 4) is 0 Å². The van der Waals surface area contributed by atoms with Crippen molar-refractivity contribution in [3.63, 3.8) is 0 Å². The van der Waals surface area contributed by atoms with Gasteiger partial charge in [-0.25, -0.2) is 9.59 Å². The van der Waals surface area contributed by atoms with Gasteiger partial charge in [0.2, 0.25) is 0 Å². The third kappa shape index (κ3) is 3.61. The molecule has 0 bridgehead atoms. The van der Waals surface area contributed by atoms with Crippen molar-refractivity contribution >= 4 is 29.3 Å². The van der Waals surface area contributed by atoms with Gasteiger partial charge in [0, 0.05) is 17.8 Å². The molecular formula is C23H28ClF3O6. The first kappa shape index (κ1) is 24.5. The summed E-state index contributed by atoms with van der Waals surface area (Å²) in [5.41, 5.74) is -2.83. The summed E-state index contributed by atoms with van der Waals surface area (Å²) in [6, 6.07) is -0.458. The molecule has 2 unspecified atom stereocenters. The van der Waals surface area contributed by atoms with Crippen LogP contribution in [0.15, 0.2) is 11.6 Å². The zero-order chi connectivity index (χ0) is 24.4. The van der Waals surface area contributed by atoms with Crippen LogP contribution in [0.25, 0.3) is 0 Å². The monoisotopic (exact) mass is 492 g/mol. The predicted molar refractivity (Wildman–Crippen MR) is 110 cm³/mol. The first-order valence-corrected chi connectivity index (χ1v) is 11.8. The Bertz CT molecular complexity index is 903. The number of ether oxygens (including phenoxy) is 2. The second-order valence-corrected chi connectivity index (χ2v) is 10.6. The highest BCUT2D eigenvalue weighted by Crippen LogP contribution is 2.68. The fraction of sp³-hybridized carbons (Fsp3) is 0.783. The van der Waals surface area contributed by atoms with Gasteiger partial charge in [0.1, 0.15) is 6.10 Å². The van der Waals surface area contributed by atoms with Gasteiger partial charge in [-0.2, -0.15) is 13.2 Å². The van der Waals surface area contributed by atoms with Crippen molar-refractivity contribution in [1.82, 2.24) is 0 Å². The van der Waals surface area contributed by atoms with Gasteiger partial charge in [-0.05, 0) is 61.9 Å². The van der Waals surface area contributed by atoms with Gasteiger partial charge in [-0.3, -0.25) is 4.79 Å². The van der Waals surface area contributed by atoms with E-state index in [9.17, 15) is 32.7 Å². The number of esters is 2. The quantitative estimate of drug-likeness (QED) is 0.472. The van der Waals surface area contributed by atoms with Crippen LogP contribution in [0.4, 0.5) is 13.2 Å². The van der Waals surface area contributed by atoms with Gasteiger partial charge >= 0.3 is 18.1 Å². The molecule has 4 rings (SSSR count). The minimum absolute atomic E-state index is 0.00975. The third-order valence-electron chi connectivity index (χ3n) is 9.04. The molecule has 0 radical (unpaired) electrons. The maximum absolute atomic E-state index is 13.2. The summed E-state index contributed by atoms with van der Waals surface area (Å²) in [5, 5.41) is 11.4. The summed E-state index contributed by atoms with van der Waals surface area (Å²) >= 11 is 5.54. The number of hydrogen-bond acceptors (Lipinski definition) is 6. The zero-order valence-electron chi connectivity index (χ0n) is 18.5. The number of fused-ring (bicyclic) bond motifs is 5. The lowest BCUT2D eigenvalue weighted by molar-refractivity contribution is -0.229. The van der Waals surface area contributed by atoms with E-state index in [-0.39, 0.29) is 36.9 Å². The first-order chi connectivity index (χ1) is 15.3. The van der Waals surface area contributed by atoms with Crippen LogP contribution in [-0.2, 0) is 23.9 Å². The molecule has 3 saturated carbocycles. The second kappa shape index (κ2) is 7.97. The molecule has 0 heterocycles. The molecule has 0 spiro atoms. The van der Waals surface area contributed by atoms with Crippen molar-refractivity contribution in [2.45, 2.75) is 76.7 Å². The Hall–Kier alpha value is -1.61. The van der Waals surface area contributed by atoms with Crippen LogP contribution in [0.3, 0.4) is 0 Å². The summed E-state index contributed by atoms with van der Waals surface area (Å²) in [6.45, 7) is 3.60. The van der Waals surface area contributed by atoms with E-state index in [1.165, 1.54) is 0 Å². The molecule has 10 heteroatoms. The van der Waals surface area contributed by atoms with E-state index in [1.807, 2.05) is 6.92 Å². The van der Waals surface area contributed by atoms with Crippen LogP contribution >= 0.6 is 11.6 Å². The molecule has 3 fully saturated rings. The normalized spacial score (nSPS) is 42.5. The molecule has 0 aromatic rings. The SMILES string of the molecule is C[C@]12CCC(=O)C=C1CC[C@@H]1[C@H]2C(OC(=O)C(F)(F)F)C[C@@]2(C)[C@H]1CCC2(O)C(=O)OCCl. The number of aliphatic hydroxyl groups is 1. The van der Waals surface area contributed by atoms with Crippen molar-refractivity contribution in [2.75, 3.05) is 6.07 Å². The average Bonchev–Trinajstić information content (AvgIpc) is 2.99. The van der Waals surface area contributed by atoms with Gasteiger partial charge < -0.3 is 14.6 Å². The lowest BCUT2D eigenvalue weighted by Gasteiger charge is -2.60. The van der Waals surface area contributed by atoms with Gasteiger partial charge in [0.25, 0.3) is 0 Å². The number of ketones is 1. The fourth-order valence-electron chi connectivity index (χ4n) is 7.48. The molecule has 6 nitrogen and oxygen atoms in total. The summed E-state index contributed by atoms with van der Waals surface area (Å²) < 4.78 is 49.6. The molecule has 7 atom stereocenters. The Morgan fingerprint density at radius 3 is 2.55 bits per heavy atom. The standard InChI is InChI=1S/C23H28ClF3O6/c1-20-7-5-13(28)9-12(20)3-4-14-15-6-8-22(31,18(29)32-11-24)21(15,2)10-16(17(14)20)33-19(30)23(25,26)27/h9,14-17,31H,3-8,10-11H2,1-2H3/t14-,15-,16?,17-,20-,21-,22?/m0/s1. The van der Waals surface area contributed by atoms with Crippen molar-refractivity contribution in [3.05, 3.63) is 11.6 Å². The van der Waals surface area contributed by atoms with E-state index in [0.29, 0.717) is 25.7 Å². The first-order valence-electron chi connectivity index (χ1n) is 11.3. The largest absolute Gasteiger partial charge is 0.490 e. The lowest BCUT2D eigenvalue weighted by Crippen LogP contribution is -2.62. The van der Waals surface area contributed by atoms with Gasteiger partial charge in [0.15, 0.2) is 17.5 Å². The predicted octanol–water partition coefficient (Wildman–Crippen LogP) is 4.07. The molecular weight excluding hydrogens is 465 g/mol. The third-order valence-corrected chi connectivity index (χ3v) is 9.15. The van der Waals surface area contributed by atoms with Gasteiger partial charge in [0.05, 0.1) is 0 Å². The second-order valence-electron chi connectivity index (χ2n) is 10.4. The Morgan fingerprint density at radius 1 is 1.21 bits per heavy atom. The zero-order valence-corrected chi connectivity index (χ0v) is 19.3. The smallest absolute Gasteiger partial charge is 0.455 e. The van der Waals surface area contributed by atoms with Crippen LogP contribution in [0.1, 0.15) is 58.8 Å². The van der Waals surface area contributed by atoms with Crippen LogP contribution in [-0.4, -0.2) is 46.8 Å². The molecule has 0 aromatic carbocycles. The highest BCUT2D eigenvalue weighted by atomic mass is 35.5. The van der Waals surface area contributed by atoms with E-state index in [1.54, 1.807) is 13.0 Å². The number of rotatable bonds is 3. The molecule has 184 valence electrons. The minimum Gasteiger partial charge on any atom is -0.455 e. The molecule has 4 aliphatic rings. The van der Waals surface area contributed by atoms with E-state index in [0.717, 1.165) is 5.57 Å². The Kier molecular flexibility index (Phi) is 5.92. The molecule has 0 aromatic heterocycles. The molecule has 0 aliphatic heterocycles. The van der Waals surface area contributed by atoms with Crippen molar-refractivity contribution in [2.24, 2.45) is 28.6 Å². The number of hydrogen-bond donors (Lipinski definition) is 1. The number of carbonyl (C=O) groups excluding carboxylic acids is 3. The molecule has 4 aliphatic carbocycles. The van der Waals surface area contributed by atoms with Gasteiger partial charge in [-0.15, -0.1) is 0 Å². The van der Waals surface area contributed by atoms with Crippen LogP contribution in [0.2, 0.25) is 0 Å². The van der Waals surface area contributed by atoms with E-state index in [2.05, 4.69) is 0 Å². The van der Waals surface area contributed by atoms with Crippen LogP contribution in [0, 0.1) is 28.6 Å². The van der Waals surface area contributed by atoms with Crippen LogP contribution in [0.5, 0.6) is 0 Å². The Balaban J connectivity index is 1.78. The van der Waals surface area contributed by atoms with Crippen molar-refractivity contribution in [1.29, 1.82) is 0 Å². The summed E-state index contributed by atoms with van der Waals surface area (Å²) in [5.74, 6) is -4.04. The number of carbonyl (C=O) groups is 3. The average molecular weight is 493 g/mol. The highest BCUT2D eigenvalue weighted by molar-refractivity contribution is 6.17. The maximum atomic E-state index is 13.2. The fourth-order valence-corrected chi connectivity index (χ4v) is 7.57. The highest BCUT2D eigenvalue weighted by Gasteiger charge is 2.70.